The SMILES string of the molecule is CCC(=CC(=O)N(C)Cc1nnc(C)n1C)c1cccc(Cl)c1. The Morgan fingerprint density at radius 3 is 2.70 bits per heavy atom. The van der Waals surface area contributed by atoms with Crippen molar-refractivity contribution >= 4 is 23.1 Å². The number of aromatic nitrogens is 3. The lowest BCUT2D eigenvalue weighted by Crippen LogP contribution is -2.26. The first-order chi connectivity index (χ1) is 10.9. The summed E-state index contributed by atoms with van der Waals surface area (Å²) in [4.78, 5) is 14.1. The summed E-state index contributed by atoms with van der Waals surface area (Å²) in [5.41, 5.74) is 1.93. The number of hydrogen-bond donors (Lipinski definition) is 0. The maximum atomic E-state index is 12.5. The molecule has 0 saturated carbocycles. The summed E-state index contributed by atoms with van der Waals surface area (Å²) in [6.45, 7) is 4.32. The van der Waals surface area contributed by atoms with Gasteiger partial charge in [0.2, 0.25) is 5.91 Å². The number of hydrogen-bond acceptors (Lipinski definition) is 3. The van der Waals surface area contributed by atoms with Crippen LogP contribution in [0.1, 0.15) is 30.6 Å². The molecule has 0 unspecified atom stereocenters. The quantitative estimate of drug-likeness (QED) is 0.790. The fourth-order valence-electron chi connectivity index (χ4n) is 2.22. The van der Waals surface area contributed by atoms with E-state index in [2.05, 4.69) is 10.2 Å². The molecule has 1 aromatic heterocycles. The van der Waals surface area contributed by atoms with E-state index in [4.69, 9.17) is 11.6 Å². The summed E-state index contributed by atoms with van der Waals surface area (Å²) in [5.74, 6) is 1.51. The van der Waals surface area contributed by atoms with Gasteiger partial charge in [-0.2, -0.15) is 0 Å². The van der Waals surface area contributed by atoms with Crippen LogP contribution in [0.5, 0.6) is 0 Å². The van der Waals surface area contributed by atoms with Gasteiger partial charge < -0.3 is 9.47 Å². The number of carbonyl (C=O) groups excluding carboxylic acids is 1. The monoisotopic (exact) mass is 332 g/mol. The molecule has 5 nitrogen and oxygen atoms in total. The van der Waals surface area contributed by atoms with E-state index in [-0.39, 0.29) is 5.91 Å². The Labute approximate surface area is 141 Å². The fraction of sp³-hybridized carbons (Fsp3) is 0.353. The molecule has 0 bridgehead atoms. The second-order valence-corrected chi connectivity index (χ2v) is 5.89. The Morgan fingerprint density at radius 1 is 1.39 bits per heavy atom. The number of aryl methyl sites for hydroxylation is 1. The minimum Gasteiger partial charge on any atom is -0.335 e. The maximum Gasteiger partial charge on any atom is 0.247 e. The Kier molecular flexibility index (Phi) is 5.55. The lowest BCUT2D eigenvalue weighted by molar-refractivity contribution is -0.125. The van der Waals surface area contributed by atoms with Crippen LogP contribution < -0.4 is 0 Å². The predicted octanol–water partition coefficient (Wildman–Crippen LogP) is 3.23. The van der Waals surface area contributed by atoms with Gasteiger partial charge in [0.1, 0.15) is 5.82 Å². The van der Waals surface area contributed by atoms with Crippen molar-refractivity contribution < 1.29 is 4.79 Å². The van der Waals surface area contributed by atoms with E-state index in [0.717, 1.165) is 29.2 Å². The highest BCUT2D eigenvalue weighted by molar-refractivity contribution is 6.30. The van der Waals surface area contributed by atoms with Gasteiger partial charge >= 0.3 is 0 Å². The van der Waals surface area contributed by atoms with Crippen LogP contribution >= 0.6 is 11.6 Å². The number of rotatable bonds is 5. The second-order valence-electron chi connectivity index (χ2n) is 5.45. The van der Waals surface area contributed by atoms with Crippen LogP contribution in [0.3, 0.4) is 0 Å². The van der Waals surface area contributed by atoms with E-state index in [1.54, 1.807) is 18.0 Å². The van der Waals surface area contributed by atoms with Crippen molar-refractivity contribution in [2.45, 2.75) is 26.8 Å². The van der Waals surface area contributed by atoms with E-state index in [1.807, 2.05) is 49.7 Å². The smallest absolute Gasteiger partial charge is 0.247 e. The first-order valence-electron chi connectivity index (χ1n) is 7.48. The molecule has 0 aliphatic rings. The molecule has 122 valence electrons. The number of halogens is 1. The minimum absolute atomic E-state index is 0.0671. The van der Waals surface area contributed by atoms with Crippen LogP contribution in [0.2, 0.25) is 5.02 Å². The molecule has 0 aliphatic heterocycles. The van der Waals surface area contributed by atoms with Crippen molar-refractivity contribution in [1.29, 1.82) is 0 Å². The van der Waals surface area contributed by atoms with Crippen molar-refractivity contribution in [2.24, 2.45) is 7.05 Å². The van der Waals surface area contributed by atoms with Gasteiger partial charge in [-0.15, -0.1) is 10.2 Å². The molecule has 1 aromatic carbocycles. The van der Waals surface area contributed by atoms with E-state index in [9.17, 15) is 4.79 Å². The van der Waals surface area contributed by atoms with Crippen molar-refractivity contribution in [3.63, 3.8) is 0 Å². The Hall–Kier alpha value is -2.14. The normalized spacial score (nSPS) is 11.6. The summed E-state index contributed by atoms with van der Waals surface area (Å²) < 4.78 is 1.88. The third kappa shape index (κ3) is 4.20. The summed E-state index contributed by atoms with van der Waals surface area (Å²) in [5, 5.41) is 8.76. The molecule has 0 fully saturated rings. The first-order valence-corrected chi connectivity index (χ1v) is 7.86. The van der Waals surface area contributed by atoms with Crippen LogP contribution in [0.25, 0.3) is 5.57 Å². The number of benzene rings is 1. The molecule has 1 heterocycles. The molecule has 1 amide bonds. The molecule has 0 N–H and O–H groups in total. The highest BCUT2D eigenvalue weighted by Gasteiger charge is 2.13. The fourth-order valence-corrected chi connectivity index (χ4v) is 2.41. The van der Waals surface area contributed by atoms with Gasteiger partial charge in [-0.25, -0.2) is 0 Å². The molecule has 23 heavy (non-hydrogen) atoms. The van der Waals surface area contributed by atoms with Gasteiger partial charge in [-0.05, 0) is 36.6 Å². The lowest BCUT2D eigenvalue weighted by atomic mass is 10.0. The number of likely N-dealkylation sites (N-methyl/N-ethyl adjacent to an activating group) is 1. The van der Waals surface area contributed by atoms with Crippen LogP contribution in [0, 0.1) is 6.92 Å². The molecule has 0 saturated heterocycles. The molecule has 2 aromatic rings. The van der Waals surface area contributed by atoms with E-state index in [0.29, 0.717) is 11.6 Å². The number of allylic oxidation sites excluding steroid dienone is 1. The van der Waals surface area contributed by atoms with Gasteiger partial charge in [0.05, 0.1) is 6.54 Å². The van der Waals surface area contributed by atoms with Crippen molar-refractivity contribution in [2.75, 3.05) is 7.05 Å². The summed E-state index contributed by atoms with van der Waals surface area (Å²) in [6, 6.07) is 7.54. The average molecular weight is 333 g/mol. The standard InChI is InChI=1S/C17H21ClN4O/c1-5-13(14-7-6-8-15(18)9-14)10-17(23)21(3)11-16-20-19-12(2)22(16)4/h6-10H,5,11H2,1-4H3. The van der Waals surface area contributed by atoms with Crippen LogP contribution in [0.4, 0.5) is 0 Å². The van der Waals surface area contributed by atoms with Crippen LogP contribution in [0.15, 0.2) is 30.3 Å². The van der Waals surface area contributed by atoms with Gasteiger partial charge in [-0.1, -0.05) is 30.7 Å². The first kappa shape index (κ1) is 17.2. The maximum absolute atomic E-state index is 12.5. The highest BCUT2D eigenvalue weighted by atomic mass is 35.5. The number of carbonyl (C=O) groups is 1. The van der Waals surface area contributed by atoms with Crippen molar-refractivity contribution in [3.8, 4) is 0 Å². The molecule has 6 heteroatoms. The third-order valence-corrected chi connectivity index (χ3v) is 4.05. The largest absolute Gasteiger partial charge is 0.335 e. The van der Waals surface area contributed by atoms with Gasteiger partial charge in [-0.3, -0.25) is 4.79 Å². The summed E-state index contributed by atoms with van der Waals surface area (Å²) >= 11 is 6.03. The van der Waals surface area contributed by atoms with Crippen molar-refractivity contribution in [3.05, 3.63) is 52.6 Å². The van der Waals surface area contributed by atoms with Crippen molar-refractivity contribution in [1.82, 2.24) is 19.7 Å². The zero-order chi connectivity index (χ0) is 17.0. The van der Waals surface area contributed by atoms with Crippen LogP contribution in [-0.2, 0) is 18.4 Å². The molecular weight excluding hydrogens is 312 g/mol. The van der Waals surface area contributed by atoms with E-state index >= 15 is 0 Å². The molecule has 0 spiro atoms. The van der Waals surface area contributed by atoms with Crippen LogP contribution in [-0.4, -0.2) is 32.6 Å². The molecule has 0 atom stereocenters. The zero-order valence-corrected chi connectivity index (χ0v) is 14.6. The highest BCUT2D eigenvalue weighted by Crippen LogP contribution is 2.21. The zero-order valence-electron chi connectivity index (χ0n) is 13.9. The number of amides is 1. The van der Waals surface area contributed by atoms with E-state index < -0.39 is 0 Å². The van der Waals surface area contributed by atoms with Gasteiger partial charge in [0, 0.05) is 25.2 Å². The average Bonchev–Trinajstić information content (AvgIpc) is 2.84. The molecule has 2 rings (SSSR count). The Bertz CT molecular complexity index is 736. The Balaban J connectivity index is 2.16. The number of nitrogens with zero attached hydrogens (tertiary/aromatic N) is 4. The lowest BCUT2D eigenvalue weighted by Gasteiger charge is -2.15. The Morgan fingerprint density at radius 2 is 2.13 bits per heavy atom. The third-order valence-electron chi connectivity index (χ3n) is 3.81. The second kappa shape index (κ2) is 7.42. The summed E-state index contributed by atoms with van der Waals surface area (Å²) in [6.07, 6.45) is 2.41. The summed E-state index contributed by atoms with van der Waals surface area (Å²) in [7, 11) is 3.65. The van der Waals surface area contributed by atoms with Gasteiger partial charge in [0.25, 0.3) is 0 Å². The molecular formula is C17H21ClN4O. The van der Waals surface area contributed by atoms with Gasteiger partial charge in [0.15, 0.2) is 5.82 Å². The predicted molar refractivity (Wildman–Crippen MR) is 91.9 cm³/mol. The van der Waals surface area contributed by atoms with E-state index in [1.165, 1.54) is 0 Å². The topological polar surface area (TPSA) is 51.0 Å². The molecule has 0 aliphatic carbocycles. The minimum atomic E-state index is -0.0671. The molecule has 0 radical (unpaired) electrons.